The number of carbonyl (C=O) groups excluding carboxylic acids is 2. The molecule has 1 saturated heterocycles. The van der Waals surface area contributed by atoms with Gasteiger partial charge in [0.2, 0.25) is 0 Å². The number of halogens is 4. The molecule has 0 unspecified atom stereocenters. The maximum atomic E-state index is 12.3. The molecule has 0 bridgehead atoms. The molecule has 0 radical (unpaired) electrons. The third kappa shape index (κ3) is 3.32. The molecule has 0 N–H and O–H groups in total. The van der Waals surface area contributed by atoms with Crippen molar-refractivity contribution in [3.05, 3.63) is 0 Å². The first-order chi connectivity index (χ1) is 6.82. The summed E-state index contributed by atoms with van der Waals surface area (Å²) < 4.78 is 36.1. The summed E-state index contributed by atoms with van der Waals surface area (Å²) in [7, 11) is 0. The van der Waals surface area contributed by atoms with E-state index in [0.29, 0.717) is 0 Å². The second-order valence-corrected chi connectivity index (χ2v) is 4.36. The summed E-state index contributed by atoms with van der Waals surface area (Å²) in [6.45, 7) is 0.0233. The van der Waals surface area contributed by atoms with Crippen molar-refractivity contribution in [3.8, 4) is 0 Å². The Labute approximate surface area is 98.1 Å². The fourth-order valence-electron chi connectivity index (χ4n) is 1.53. The van der Waals surface area contributed by atoms with E-state index in [2.05, 4.69) is 0 Å². The van der Waals surface area contributed by atoms with Crippen molar-refractivity contribution in [1.82, 2.24) is 4.90 Å². The van der Waals surface area contributed by atoms with Crippen LogP contribution in [0.4, 0.5) is 13.2 Å². The van der Waals surface area contributed by atoms with Gasteiger partial charge in [0.25, 0.3) is 3.79 Å². The van der Waals surface area contributed by atoms with Gasteiger partial charge in [0.05, 0.1) is 5.92 Å². The van der Waals surface area contributed by atoms with Gasteiger partial charge in [0.1, 0.15) is 0 Å². The average Bonchev–Trinajstić information content (AvgIpc) is 2.15. The Morgan fingerprint density at radius 1 is 1.20 bits per heavy atom. The molecule has 0 aliphatic carbocycles. The number of hydrogen-bond donors (Lipinski definition) is 0. The molecule has 1 aliphatic heterocycles. The Balaban J connectivity index is 2.50. The molecule has 0 spiro atoms. The van der Waals surface area contributed by atoms with Crippen molar-refractivity contribution < 1.29 is 22.8 Å². The van der Waals surface area contributed by atoms with Crippen LogP contribution in [0.5, 0.6) is 0 Å². The normalized spacial score (nSPS) is 19.1. The lowest BCUT2D eigenvalue weighted by Gasteiger charge is -2.32. The van der Waals surface area contributed by atoms with Crippen molar-refractivity contribution in [2.24, 2.45) is 5.92 Å². The van der Waals surface area contributed by atoms with E-state index < -0.39 is 21.8 Å². The van der Waals surface area contributed by atoms with Gasteiger partial charge < -0.3 is 4.90 Å². The summed E-state index contributed by atoms with van der Waals surface area (Å²) in [4.78, 5) is 23.0. The lowest BCUT2D eigenvalue weighted by atomic mass is 9.96. The number of nitrogens with zero attached hydrogens (tertiary/aromatic N) is 1. The van der Waals surface area contributed by atoms with Crippen molar-refractivity contribution in [1.29, 1.82) is 0 Å². The number of amides is 1. The number of rotatable bonds is 1. The molecule has 1 heterocycles. The van der Waals surface area contributed by atoms with Crippen LogP contribution in [0.25, 0.3) is 0 Å². The minimum Gasteiger partial charge on any atom is -0.335 e. The van der Waals surface area contributed by atoms with E-state index in [-0.39, 0.29) is 25.9 Å². The van der Waals surface area contributed by atoms with Crippen LogP contribution in [0.1, 0.15) is 12.8 Å². The molecule has 86 valence electrons. The van der Waals surface area contributed by atoms with Crippen LogP contribution < -0.4 is 0 Å². The molecule has 1 fully saturated rings. The van der Waals surface area contributed by atoms with Gasteiger partial charge in [-0.25, -0.2) is 0 Å². The molecular weight excluding hydrogens is 326 g/mol. The average molecular weight is 335 g/mol. The zero-order valence-corrected chi connectivity index (χ0v) is 9.84. The Morgan fingerprint density at radius 3 is 2.00 bits per heavy atom. The van der Waals surface area contributed by atoms with Crippen LogP contribution >= 0.6 is 22.6 Å². The standard InChI is InChI=1S/C8H9F3INO2/c9-8(10,11)5-1-3-13(4-2-5)7(15)6(12)14/h5H,1-4H2. The second kappa shape index (κ2) is 4.67. The monoisotopic (exact) mass is 335 g/mol. The Hall–Kier alpha value is -0.340. The van der Waals surface area contributed by atoms with E-state index in [1.807, 2.05) is 0 Å². The molecule has 1 amide bonds. The van der Waals surface area contributed by atoms with E-state index in [0.717, 1.165) is 0 Å². The molecule has 1 aliphatic rings. The number of likely N-dealkylation sites (tertiary alicyclic amines) is 1. The Kier molecular flexibility index (Phi) is 3.96. The van der Waals surface area contributed by atoms with Gasteiger partial charge in [-0.2, -0.15) is 13.2 Å². The molecule has 0 atom stereocenters. The minimum atomic E-state index is -4.19. The SMILES string of the molecule is O=C(I)C(=O)N1CCC(C(F)(F)F)CC1. The van der Waals surface area contributed by atoms with Gasteiger partial charge in [-0.15, -0.1) is 0 Å². The van der Waals surface area contributed by atoms with Crippen LogP contribution in [0.3, 0.4) is 0 Å². The van der Waals surface area contributed by atoms with Gasteiger partial charge in [0, 0.05) is 35.7 Å². The van der Waals surface area contributed by atoms with Gasteiger partial charge >= 0.3 is 12.1 Å². The summed E-state index contributed by atoms with van der Waals surface area (Å²) >= 11 is 1.34. The smallest absolute Gasteiger partial charge is 0.335 e. The molecule has 1 rings (SSSR count). The lowest BCUT2D eigenvalue weighted by Crippen LogP contribution is -2.43. The van der Waals surface area contributed by atoms with Crippen LogP contribution in [-0.2, 0) is 9.59 Å². The quantitative estimate of drug-likeness (QED) is 0.416. The van der Waals surface area contributed by atoms with Crippen LogP contribution in [0.15, 0.2) is 0 Å². The highest BCUT2D eigenvalue weighted by Gasteiger charge is 2.42. The summed E-state index contributed by atoms with van der Waals surface area (Å²) in [5.74, 6) is -2.04. The molecule has 0 aromatic carbocycles. The summed E-state index contributed by atoms with van der Waals surface area (Å²) in [6, 6.07) is 0. The number of alkyl halides is 3. The van der Waals surface area contributed by atoms with E-state index in [1.165, 1.54) is 27.5 Å². The largest absolute Gasteiger partial charge is 0.391 e. The predicted octanol–water partition coefficient (Wildman–Crippen LogP) is 1.75. The summed E-state index contributed by atoms with van der Waals surface area (Å²) in [6.07, 6.45) is -4.41. The van der Waals surface area contributed by atoms with Crippen LogP contribution in [-0.4, -0.2) is 33.9 Å². The number of hydrogen-bond acceptors (Lipinski definition) is 2. The van der Waals surface area contributed by atoms with Gasteiger partial charge in [-0.05, 0) is 12.8 Å². The van der Waals surface area contributed by atoms with Gasteiger partial charge in [-0.3, -0.25) is 9.59 Å². The van der Waals surface area contributed by atoms with E-state index in [1.54, 1.807) is 0 Å². The second-order valence-electron chi connectivity index (χ2n) is 3.38. The Bertz CT molecular complexity index is 272. The molecular formula is C8H9F3INO2. The zero-order valence-electron chi connectivity index (χ0n) is 7.68. The maximum absolute atomic E-state index is 12.3. The van der Waals surface area contributed by atoms with Crippen molar-refractivity contribution in [2.45, 2.75) is 19.0 Å². The summed E-state index contributed by atoms with van der Waals surface area (Å²) in [5.41, 5.74) is 0. The first-order valence-corrected chi connectivity index (χ1v) is 5.45. The third-order valence-electron chi connectivity index (χ3n) is 2.41. The predicted molar refractivity (Wildman–Crippen MR) is 54.4 cm³/mol. The van der Waals surface area contributed by atoms with Gasteiger partial charge in [-0.1, -0.05) is 0 Å². The highest BCUT2D eigenvalue weighted by atomic mass is 127. The van der Waals surface area contributed by atoms with Crippen LogP contribution in [0, 0.1) is 5.92 Å². The van der Waals surface area contributed by atoms with Crippen molar-refractivity contribution in [2.75, 3.05) is 13.1 Å². The first kappa shape index (κ1) is 12.7. The molecule has 0 saturated carbocycles. The fraction of sp³-hybridized carbons (Fsp3) is 0.750. The lowest BCUT2D eigenvalue weighted by molar-refractivity contribution is -0.186. The number of piperidine rings is 1. The zero-order chi connectivity index (χ0) is 11.6. The van der Waals surface area contributed by atoms with E-state index >= 15 is 0 Å². The molecule has 15 heavy (non-hydrogen) atoms. The highest BCUT2D eigenvalue weighted by molar-refractivity contribution is 14.1. The van der Waals surface area contributed by atoms with Crippen molar-refractivity contribution in [3.63, 3.8) is 0 Å². The van der Waals surface area contributed by atoms with Crippen LogP contribution in [0.2, 0.25) is 0 Å². The minimum absolute atomic E-state index is 0.0117. The topological polar surface area (TPSA) is 37.4 Å². The molecule has 0 aromatic heterocycles. The molecule has 7 heteroatoms. The highest BCUT2D eigenvalue weighted by Crippen LogP contribution is 2.34. The Morgan fingerprint density at radius 2 is 1.67 bits per heavy atom. The molecule has 3 nitrogen and oxygen atoms in total. The third-order valence-corrected chi connectivity index (χ3v) is 2.87. The summed E-state index contributed by atoms with van der Waals surface area (Å²) in [5, 5.41) is 0. The van der Waals surface area contributed by atoms with E-state index in [9.17, 15) is 22.8 Å². The van der Waals surface area contributed by atoms with E-state index in [4.69, 9.17) is 0 Å². The van der Waals surface area contributed by atoms with Crippen molar-refractivity contribution >= 4 is 32.3 Å². The fourth-order valence-corrected chi connectivity index (χ4v) is 1.88. The maximum Gasteiger partial charge on any atom is 0.391 e. The van der Waals surface area contributed by atoms with Gasteiger partial charge in [0.15, 0.2) is 0 Å². The number of carbonyl (C=O) groups is 2. The molecule has 0 aromatic rings. The first-order valence-electron chi connectivity index (χ1n) is 4.38.